The number of phenolic OH excluding ortho intramolecular Hbond substituents is 1. The lowest BCUT2D eigenvalue weighted by molar-refractivity contribution is 0.133. The fraction of sp³-hybridized carbons (Fsp3) is 0.286. The number of nitrogens with one attached hydrogen (secondary N) is 1. The monoisotopic (exact) mass is 378 g/mol. The van der Waals surface area contributed by atoms with Gasteiger partial charge in [-0.15, -0.1) is 10.2 Å². The lowest BCUT2D eigenvalue weighted by Crippen LogP contribution is -2.44. The highest BCUT2D eigenvalue weighted by Gasteiger charge is 2.24. The summed E-state index contributed by atoms with van der Waals surface area (Å²) in [6.45, 7) is 2.91. The van der Waals surface area contributed by atoms with Crippen LogP contribution in [0, 0.1) is 6.92 Å². The van der Waals surface area contributed by atoms with Crippen LogP contribution in [0.25, 0.3) is 22.0 Å². The van der Waals surface area contributed by atoms with Gasteiger partial charge in [0.15, 0.2) is 5.82 Å². The number of nitrogens with zero attached hydrogens (tertiary/aromatic N) is 3. The number of hydrogen-bond donors (Lipinski definition) is 3. The molecule has 1 unspecified atom stereocenters. The van der Waals surface area contributed by atoms with Gasteiger partial charge in [-0.25, -0.2) is 4.79 Å². The fourth-order valence-corrected chi connectivity index (χ4v) is 3.71. The number of hydrogen-bond acceptors (Lipinski definition) is 5. The van der Waals surface area contributed by atoms with E-state index in [1.54, 1.807) is 6.07 Å². The van der Waals surface area contributed by atoms with Gasteiger partial charge in [0.25, 0.3) is 0 Å². The molecule has 28 heavy (non-hydrogen) atoms. The second-order valence-corrected chi connectivity index (χ2v) is 7.18. The van der Waals surface area contributed by atoms with Crippen molar-refractivity contribution in [2.45, 2.75) is 25.8 Å². The van der Waals surface area contributed by atoms with Crippen molar-refractivity contribution in [1.29, 1.82) is 0 Å². The minimum Gasteiger partial charge on any atom is -0.507 e. The van der Waals surface area contributed by atoms with Crippen molar-refractivity contribution in [3.05, 3.63) is 48.0 Å². The first-order valence-corrected chi connectivity index (χ1v) is 9.33. The average Bonchev–Trinajstić information content (AvgIpc) is 2.69. The van der Waals surface area contributed by atoms with Gasteiger partial charge in [-0.1, -0.05) is 30.3 Å². The number of rotatable bonds is 3. The van der Waals surface area contributed by atoms with E-state index in [2.05, 4.69) is 15.5 Å². The van der Waals surface area contributed by atoms with Crippen LogP contribution >= 0.6 is 0 Å². The van der Waals surface area contributed by atoms with Gasteiger partial charge < -0.3 is 20.4 Å². The number of piperidine rings is 1. The van der Waals surface area contributed by atoms with Crippen LogP contribution in [0.15, 0.2) is 42.5 Å². The molecule has 7 heteroatoms. The van der Waals surface area contributed by atoms with Crippen LogP contribution < -0.4 is 5.32 Å². The van der Waals surface area contributed by atoms with Crippen molar-refractivity contribution in [3.8, 4) is 17.0 Å². The van der Waals surface area contributed by atoms with Crippen LogP contribution in [0.5, 0.6) is 5.75 Å². The Morgan fingerprint density at radius 2 is 1.96 bits per heavy atom. The molecule has 0 aliphatic carbocycles. The maximum Gasteiger partial charge on any atom is 0.407 e. The van der Waals surface area contributed by atoms with Crippen LogP contribution in [0.4, 0.5) is 10.6 Å². The van der Waals surface area contributed by atoms with E-state index in [-0.39, 0.29) is 11.8 Å². The standard InChI is InChI=1S/C21H22N4O3/c1-13-8-9-17(18(26)11-13)19-15-6-2-3-7-16(15)20(24-23-19)22-14-5-4-10-25(12-14)21(27)28/h2-3,6-9,11,14,26H,4-5,10,12H2,1H3,(H,22,24)(H,27,28). The molecule has 1 aliphatic heterocycles. The molecular weight excluding hydrogens is 356 g/mol. The number of anilines is 1. The molecule has 2 aromatic carbocycles. The number of benzene rings is 2. The van der Waals surface area contributed by atoms with E-state index < -0.39 is 6.09 Å². The SMILES string of the molecule is Cc1ccc(-c2nnc(NC3CCCN(C(=O)O)C3)c3ccccc23)c(O)c1. The normalized spacial score (nSPS) is 16.9. The smallest absolute Gasteiger partial charge is 0.407 e. The minimum atomic E-state index is -0.896. The number of fused-ring (bicyclic) bond motifs is 1. The number of phenols is 1. The summed E-state index contributed by atoms with van der Waals surface area (Å²) in [6, 6.07) is 13.2. The molecule has 3 aromatic rings. The molecule has 144 valence electrons. The van der Waals surface area contributed by atoms with Crippen LogP contribution in [0.3, 0.4) is 0 Å². The van der Waals surface area contributed by atoms with Gasteiger partial charge in [0.05, 0.1) is 0 Å². The van der Waals surface area contributed by atoms with Crippen LogP contribution in [0.2, 0.25) is 0 Å². The van der Waals surface area contributed by atoms with Crippen molar-refractivity contribution in [3.63, 3.8) is 0 Å². The maximum atomic E-state index is 11.3. The summed E-state index contributed by atoms with van der Waals surface area (Å²) < 4.78 is 0. The van der Waals surface area contributed by atoms with E-state index in [1.807, 2.05) is 43.3 Å². The summed E-state index contributed by atoms with van der Waals surface area (Å²) in [6.07, 6.45) is 0.790. The molecule has 0 bridgehead atoms. The predicted octanol–water partition coefficient (Wildman–Crippen LogP) is 3.87. The van der Waals surface area contributed by atoms with Crippen molar-refractivity contribution in [2.75, 3.05) is 18.4 Å². The van der Waals surface area contributed by atoms with Crippen LogP contribution in [-0.2, 0) is 0 Å². The van der Waals surface area contributed by atoms with Gasteiger partial charge in [-0.3, -0.25) is 0 Å². The maximum absolute atomic E-state index is 11.3. The summed E-state index contributed by atoms with van der Waals surface area (Å²) in [5.74, 6) is 0.799. The van der Waals surface area contributed by atoms with Crippen molar-refractivity contribution in [2.24, 2.45) is 0 Å². The molecule has 1 atom stereocenters. The molecule has 3 N–H and O–H groups in total. The van der Waals surface area contributed by atoms with Gasteiger partial charge in [0, 0.05) is 35.5 Å². The predicted molar refractivity (Wildman–Crippen MR) is 108 cm³/mol. The molecule has 1 amide bonds. The first-order valence-electron chi connectivity index (χ1n) is 9.33. The van der Waals surface area contributed by atoms with Gasteiger partial charge in [-0.2, -0.15) is 0 Å². The Morgan fingerprint density at radius 1 is 1.18 bits per heavy atom. The molecule has 1 aromatic heterocycles. The quantitative estimate of drug-likeness (QED) is 0.640. The van der Waals surface area contributed by atoms with Gasteiger partial charge in [-0.05, 0) is 37.5 Å². The van der Waals surface area contributed by atoms with Gasteiger partial charge in [0.1, 0.15) is 11.4 Å². The van der Waals surface area contributed by atoms with Crippen molar-refractivity contribution >= 4 is 22.7 Å². The third-order valence-electron chi connectivity index (χ3n) is 5.13. The number of likely N-dealkylation sites (tertiary alicyclic amines) is 1. The molecule has 1 fully saturated rings. The molecule has 0 saturated carbocycles. The van der Waals surface area contributed by atoms with E-state index >= 15 is 0 Å². The van der Waals surface area contributed by atoms with E-state index in [0.29, 0.717) is 30.2 Å². The fourth-order valence-electron chi connectivity index (χ4n) is 3.71. The highest BCUT2D eigenvalue weighted by atomic mass is 16.4. The van der Waals surface area contributed by atoms with E-state index in [9.17, 15) is 15.0 Å². The molecule has 1 aliphatic rings. The average molecular weight is 378 g/mol. The second kappa shape index (κ2) is 7.34. The first kappa shape index (κ1) is 18.0. The number of aromatic hydroxyl groups is 1. The molecule has 1 saturated heterocycles. The van der Waals surface area contributed by atoms with Crippen molar-refractivity contribution < 1.29 is 15.0 Å². The molecule has 0 spiro atoms. The summed E-state index contributed by atoms with van der Waals surface area (Å²) in [4.78, 5) is 12.7. The summed E-state index contributed by atoms with van der Waals surface area (Å²) in [5.41, 5.74) is 2.22. The molecular formula is C21H22N4O3. The zero-order chi connectivity index (χ0) is 19.7. The topological polar surface area (TPSA) is 98.6 Å². The number of aryl methyl sites for hydroxylation is 1. The lowest BCUT2D eigenvalue weighted by atomic mass is 10.0. The minimum absolute atomic E-state index is 0.0128. The number of amides is 1. The Morgan fingerprint density at radius 3 is 2.71 bits per heavy atom. The first-order chi connectivity index (χ1) is 13.5. The Bertz CT molecular complexity index is 1040. The highest BCUT2D eigenvalue weighted by molar-refractivity contribution is 6.00. The Kier molecular flexibility index (Phi) is 4.73. The zero-order valence-electron chi connectivity index (χ0n) is 15.6. The number of aromatic nitrogens is 2. The second-order valence-electron chi connectivity index (χ2n) is 7.18. The number of carboxylic acid groups (broad SMARTS) is 1. The third kappa shape index (κ3) is 3.43. The van der Waals surface area contributed by atoms with E-state index in [0.717, 1.165) is 29.2 Å². The van der Waals surface area contributed by atoms with E-state index in [1.165, 1.54) is 4.90 Å². The summed E-state index contributed by atoms with van der Waals surface area (Å²) in [5, 5.41) is 33.5. The largest absolute Gasteiger partial charge is 0.507 e. The Hall–Kier alpha value is -3.35. The van der Waals surface area contributed by atoms with E-state index in [4.69, 9.17) is 0 Å². The molecule has 2 heterocycles. The number of carbonyl (C=O) groups is 1. The highest BCUT2D eigenvalue weighted by Crippen LogP contribution is 2.35. The van der Waals surface area contributed by atoms with Crippen molar-refractivity contribution in [1.82, 2.24) is 15.1 Å². The van der Waals surface area contributed by atoms with Crippen LogP contribution in [-0.4, -0.2) is 50.5 Å². The summed E-state index contributed by atoms with van der Waals surface area (Å²) in [7, 11) is 0. The van der Waals surface area contributed by atoms with Gasteiger partial charge >= 0.3 is 6.09 Å². The van der Waals surface area contributed by atoms with Gasteiger partial charge in [0.2, 0.25) is 0 Å². The zero-order valence-corrected chi connectivity index (χ0v) is 15.6. The lowest BCUT2D eigenvalue weighted by Gasteiger charge is -2.31. The molecule has 7 nitrogen and oxygen atoms in total. The summed E-state index contributed by atoms with van der Waals surface area (Å²) >= 11 is 0. The molecule has 4 rings (SSSR count). The Balaban J connectivity index is 1.71. The Labute approximate surface area is 162 Å². The molecule has 0 radical (unpaired) electrons. The van der Waals surface area contributed by atoms with Crippen LogP contribution in [0.1, 0.15) is 18.4 Å². The third-order valence-corrected chi connectivity index (χ3v) is 5.13.